The van der Waals surface area contributed by atoms with Crippen LogP contribution in [0.3, 0.4) is 0 Å². The number of nitrogens with one attached hydrogen (secondary N) is 1. The number of carbonyl (C=O) groups is 2. The lowest BCUT2D eigenvalue weighted by molar-refractivity contribution is -0.192. The van der Waals surface area contributed by atoms with Gasteiger partial charge in [-0.1, -0.05) is 30.3 Å². The molecule has 0 radical (unpaired) electrons. The maximum Gasteiger partial charge on any atom is 0.475 e. The number of amides is 2. The Bertz CT molecular complexity index is 1130. The van der Waals surface area contributed by atoms with E-state index >= 15 is 0 Å². The van der Waals surface area contributed by atoms with Gasteiger partial charge in [0, 0.05) is 31.1 Å². The Morgan fingerprint density at radius 3 is 2.49 bits per heavy atom. The number of benzene rings is 1. The number of morpholine rings is 1. The van der Waals surface area contributed by atoms with E-state index in [4.69, 9.17) is 9.47 Å². The minimum Gasteiger partial charge on any atom is -0.447 e. The molecule has 5 saturated heterocycles. The molecule has 39 heavy (non-hydrogen) atoms. The maximum absolute atomic E-state index is 13.8. The standard InChI is InChI=1S/C28H37BN4O6/c1-27(2,32-16-22-13-23(17-32)39-22)14-20(15-30)25(34)33-21-8-10-28(33,11-9-21)18-38-26(35)31-24(29(36)37)12-19-6-4-3-5-7-19/h3-7,14,21-24,36-37H,8-13,16-18H2,1-2H3,(H,31,35). The molecule has 11 heteroatoms. The van der Waals surface area contributed by atoms with Crippen molar-refractivity contribution >= 4 is 19.1 Å². The summed E-state index contributed by atoms with van der Waals surface area (Å²) in [6, 6.07) is 11.4. The second kappa shape index (κ2) is 10.9. The van der Waals surface area contributed by atoms with E-state index in [2.05, 4.69) is 16.3 Å². The summed E-state index contributed by atoms with van der Waals surface area (Å²) in [7, 11) is -1.76. The molecule has 0 aliphatic carbocycles. The van der Waals surface area contributed by atoms with E-state index in [0.29, 0.717) is 12.8 Å². The first-order chi connectivity index (χ1) is 18.6. The van der Waals surface area contributed by atoms with Gasteiger partial charge in [-0.05, 0) is 57.6 Å². The molecule has 3 N–H and O–H groups in total. The topological polar surface area (TPSA) is 135 Å². The first-order valence-corrected chi connectivity index (χ1v) is 13.8. The van der Waals surface area contributed by atoms with Crippen molar-refractivity contribution in [3.63, 3.8) is 0 Å². The van der Waals surface area contributed by atoms with E-state index in [-0.39, 0.29) is 42.8 Å². The largest absolute Gasteiger partial charge is 0.475 e. The Morgan fingerprint density at radius 2 is 1.90 bits per heavy atom. The fraction of sp³-hybridized carbons (Fsp3) is 0.607. The van der Waals surface area contributed by atoms with Crippen LogP contribution in [-0.4, -0.2) is 93.9 Å². The molecule has 2 amide bonds. The number of piperidine rings is 1. The van der Waals surface area contributed by atoms with Gasteiger partial charge in [0.1, 0.15) is 18.2 Å². The zero-order valence-corrected chi connectivity index (χ0v) is 22.6. The lowest BCUT2D eigenvalue weighted by atomic mass is 9.76. The first-order valence-electron chi connectivity index (χ1n) is 13.8. The molecule has 1 aromatic carbocycles. The highest BCUT2D eigenvalue weighted by molar-refractivity contribution is 6.43. The average molecular weight is 536 g/mol. The molecule has 3 atom stereocenters. The van der Waals surface area contributed by atoms with Gasteiger partial charge in [0.25, 0.3) is 5.91 Å². The Kier molecular flexibility index (Phi) is 7.75. The molecule has 0 aromatic heterocycles. The van der Waals surface area contributed by atoms with Gasteiger partial charge >= 0.3 is 13.2 Å². The lowest BCUT2D eigenvalue weighted by Gasteiger charge is -2.52. The number of nitrogens with zero attached hydrogens (tertiary/aromatic N) is 3. The predicted octanol–water partition coefficient (Wildman–Crippen LogP) is 1.56. The Morgan fingerprint density at radius 1 is 1.26 bits per heavy atom. The number of nitriles is 1. The zero-order valence-electron chi connectivity index (χ0n) is 22.6. The van der Waals surface area contributed by atoms with E-state index in [1.54, 1.807) is 11.0 Å². The van der Waals surface area contributed by atoms with Crippen molar-refractivity contribution in [3.05, 3.63) is 47.5 Å². The molecule has 0 spiro atoms. The van der Waals surface area contributed by atoms with E-state index in [0.717, 1.165) is 37.9 Å². The highest BCUT2D eigenvalue weighted by atomic mass is 16.6. The molecular weight excluding hydrogens is 499 g/mol. The van der Waals surface area contributed by atoms with E-state index in [1.807, 2.05) is 44.2 Å². The fourth-order valence-electron chi connectivity index (χ4n) is 6.66. The van der Waals surface area contributed by atoms with Crippen LogP contribution in [0.15, 0.2) is 42.0 Å². The third kappa shape index (κ3) is 5.70. The molecule has 10 nitrogen and oxygen atoms in total. The van der Waals surface area contributed by atoms with Crippen molar-refractivity contribution in [1.82, 2.24) is 15.1 Å². The minimum absolute atomic E-state index is 0.00477. The molecule has 4 bridgehead atoms. The Balaban J connectivity index is 1.24. The summed E-state index contributed by atoms with van der Waals surface area (Å²) in [4.78, 5) is 30.5. The molecular formula is C28H37BN4O6. The van der Waals surface area contributed by atoms with E-state index < -0.39 is 30.2 Å². The van der Waals surface area contributed by atoms with Crippen LogP contribution >= 0.6 is 0 Å². The molecule has 5 aliphatic rings. The van der Waals surface area contributed by atoms with Crippen LogP contribution in [0.5, 0.6) is 0 Å². The summed E-state index contributed by atoms with van der Waals surface area (Å²) in [5, 5.41) is 32.1. The highest BCUT2D eigenvalue weighted by Gasteiger charge is 2.55. The quantitative estimate of drug-likeness (QED) is 0.246. The number of fused-ring (bicyclic) bond motifs is 4. The predicted molar refractivity (Wildman–Crippen MR) is 143 cm³/mol. The van der Waals surface area contributed by atoms with E-state index in [9.17, 15) is 24.9 Å². The summed E-state index contributed by atoms with van der Waals surface area (Å²) >= 11 is 0. The van der Waals surface area contributed by atoms with Gasteiger partial charge in [0.15, 0.2) is 0 Å². The number of rotatable bonds is 9. The van der Waals surface area contributed by atoms with Crippen LogP contribution in [0.2, 0.25) is 0 Å². The summed E-state index contributed by atoms with van der Waals surface area (Å²) in [6.07, 6.45) is 5.67. The number of hydrogen-bond acceptors (Lipinski definition) is 8. The van der Waals surface area contributed by atoms with Crippen LogP contribution in [0.4, 0.5) is 4.79 Å². The lowest BCUT2D eigenvalue weighted by Crippen LogP contribution is -2.62. The van der Waals surface area contributed by atoms with Gasteiger partial charge in [-0.3, -0.25) is 9.69 Å². The van der Waals surface area contributed by atoms with Gasteiger partial charge in [0.2, 0.25) is 0 Å². The molecule has 5 fully saturated rings. The van der Waals surface area contributed by atoms with Crippen molar-refractivity contribution in [2.45, 2.75) is 87.6 Å². The highest BCUT2D eigenvalue weighted by Crippen LogP contribution is 2.47. The molecule has 208 valence electrons. The summed E-state index contributed by atoms with van der Waals surface area (Å²) in [6.45, 7) is 5.58. The fourth-order valence-corrected chi connectivity index (χ4v) is 6.66. The van der Waals surface area contributed by atoms with E-state index in [1.165, 1.54) is 0 Å². The van der Waals surface area contributed by atoms with Crippen molar-refractivity contribution in [2.24, 2.45) is 0 Å². The molecule has 5 heterocycles. The number of carbonyl (C=O) groups excluding carboxylic acids is 2. The van der Waals surface area contributed by atoms with Crippen molar-refractivity contribution < 1.29 is 29.1 Å². The van der Waals surface area contributed by atoms with Gasteiger partial charge in [-0.25, -0.2) is 4.79 Å². The monoisotopic (exact) mass is 536 g/mol. The van der Waals surface area contributed by atoms with Gasteiger partial charge in [0.05, 0.1) is 23.7 Å². The molecule has 1 aromatic rings. The van der Waals surface area contributed by atoms with Crippen LogP contribution in [0.1, 0.15) is 51.5 Å². The third-order valence-corrected chi connectivity index (χ3v) is 8.84. The Hall–Kier alpha value is -2.91. The van der Waals surface area contributed by atoms with Crippen molar-refractivity contribution in [2.75, 3.05) is 19.7 Å². The van der Waals surface area contributed by atoms with Crippen LogP contribution in [-0.2, 0) is 20.7 Å². The Labute approximate surface area is 229 Å². The van der Waals surface area contributed by atoms with Crippen LogP contribution < -0.4 is 5.32 Å². The summed E-state index contributed by atoms with van der Waals surface area (Å²) < 4.78 is 11.3. The summed E-state index contributed by atoms with van der Waals surface area (Å²) in [5.74, 6) is -1.27. The molecule has 5 aliphatic heterocycles. The number of hydrogen-bond donors (Lipinski definition) is 3. The van der Waals surface area contributed by atoms with Crippen molar-refractivity contribution in [1.29, 1.82) is 5.26 Å². The van der Waals surface area contributed by atoms with Gasteiger partial charge < -0.3 is 29.7 Å². The molecule has 3 unspecified atom stereocenters. The van der Waals surface area contributed by atoms with Gasteiger partial charge in [-0.15, -0.1) is 0 Å². The third-order valence-electron chi connectivity index (χ3n) is 8.84. The minimum atomic E-state index is -1.76. The van der Waals surface area contributed by atoms with Crippen LogP contribution in [0, 0.1) is 11.3 Å². The SMILES string of the molecule is CC(C)(C=C(C#N)C(=O)N1C2CCC1(COC(=O)NC(Cc1ccccc1)B(O)O)CC2)N1CC2CC(C1)O2. The molecule has 0 saturated carbocycles. The van der Waals surface area contributed by atoms with Gasteiger partial charge in [-0.2, -0.15) is 5.26 Å². The van der Waals surface area contributed by atoms with Crippen molar-refractivity contribution in [3.8, 4) is 6.07 Å². The molecule has 6 rings (SSSR count). The van der Waals surface area contributed by atoms with Crippen LogP contribution in [0.25, 0.3) is 0 Å². The average Bonchev–Trinajstić information content (AvgIpc) is 3.46. The normalized spacial score (nSPS) is 28.8. The second-order valence-corrected chi connectivity index (χ2v) is 11.9. The first kappa shape index (κ1) is 27.7. The summed E-state index contributed by atoms with van der Waals surface area (Å²) in [5.41, 5.74) is -0.211. The number of alkyl carbamates (subject to hydrolysis) is 1. The zero-order chi connectivity index (χ0) is 27.8. The second-order valence-electron chi connectivity index (χ2n) is 11.9. The maximum atomic E-state index is 13.8. The smallest absolute Gasteiger partial charge is 0.447 e. The number of ether oxygens (including phenoxy) is 2.